The lowest BCUT2D eigenvalue weighted by Crippen LogP contribution is -2.30. The molecule has 0 aromatic heterocycles. The summed E-state index contributed by atoms with van der Waals surface area (Å²) in [5, 5.41) is 0. The molecule has 6 heteroatoms. The Hall–Kier alpha value is -2.37. The minimum absolute atomic E-state index is 0.0748. The first kappa shape index (κ1) is 66.6. The monoisotopic (exact) mass is 969 g/mol. The molecule has 404 valence electrons. The van der Waals surface area contributed by atoms with E-state index >= 15 is 0 Å². The minimum atomic E-state index is -0.777. The summed E-state index contributed by atoms with van der Waals surface area (Å²) in [5.41, 5.74) is 0. The molecule has 0 aromatic carbocycles. The SMILES string of the molecule is CCCCC/C=C\C=C/CCCCCCCCCCCCC(=O)OCC(COC(=O)CCCCC/C=C\CCCCCCCC)OC(=O)CCCCCCCCCCCCCCCCCCCCC. The number of hydrogen-bond donors (Lipinski definition) is 0. The van der Waals surface area contributed by atoms with Gasteiger partial charge in [0.2, 0.25) is 0 Å². The lowest BCUT2D eigenvalue weighted by atomic mass is 10.0. The second-order valence-electron chi connectivity index (χ2n) is 20.6. The molecule has 0 saturated carbocycles. The second kappa shape index (κ2) is 58.2. The Morgan fingerprint density at radius 3 is 0.855 bits per heavy atom. The van der Waals surface area contributed by atoms with Gasteiger partial charge in [-0.3, -0.25) is 14.4 Å². The van der Waals surface area contributed by atoms with E-state index in [1.165, 1.54) is 218 Å². The van der Waals surface area contributed by atoms with Gasteiger partial charge in [-0.2, -0.15) is 0 Å². The summed E-state index contributed by atoms with van der Waals surface area (Å²) in [6, 6.07) is 0. The van der Waals surface area contributed by atoms with Crippen LogP contribution >= 0.6 is 0 Å². The van der Waals surface area contributed by atoms with Gasteiger partial charge in [0.15, 0.2) is 6.10 Å². The van der Waals surface area contributed by atoms with Gasteiger partial charge in [0.05, 0.1) is 0 Å². The normalized spacial score (nSPS) is 12.2. The fourth-order valence-corrected chi connectivity index (χ4v) is 9.02. The van der Waals surface area contributed by atoms with Gasteiger partial charge in [0.1, 0.15) is 13.2 Å². The van der Waals surface area contributed by atoms with Crippen molar-refractivity contribution >= 4 is 17.9 Å². The van der Waals surface area contributed by atoms with E-state index in [9.17, 15) is 14.4 Å². The molecule has 69 heavy (non-hydrogen) atoms. The Balaban J connectivity index is 4.32. The van der Waals surface area contributed by atoms with Gasteiger partial charge in [-0.25, -0.2) is 0 Å². The van der Waals surface area contributed by atoms with Crippen LogP contribution in [0.1, 0.15) is 329 Å². The molecule has 0 spiro atoms. The van der Waals surface area contributed by atoms with Gasteiger partial charge in [0, 0.05) is 19.3 Å². The first-order valence-corrected chi connectivity index (χ1v) is 30.5. The topological polar surface area (TPSA) is 78.9 Å². The summed E-state index contributed by atoms with van der Waals surface area (Å²) < 4.78 is 16.9. The summed E-state index contributed by atoms with van der Waals surface area (Å²) in [5.74, 6) is -0.874. The van der Waals surface area contributed by atoms with Crippen LogP contribution in [0.15, 0.2) is 36.5 Å². The Labute approximate surface area is 429 Å². The van der Waals surface area contributed by atoms with Crippen molar-refractivity contribution in [3.05, 3.63) is 36.5 Å². The van der Waals surface area contributed by atoms with Crippen molar-refractivity contribution in [2.24, 2.45) is 0 Å². The van der Waals surface area contributed by atoms with Crippen LogP contribution in [0.3, 0.4) is 0 Å². The maximum absolute atomic E-state index is 12.9. The predicted molar refractivity (Wildman–Crippen MR) is 298 cm³/mol. The van der Waals surface area contributed by atoms with Gasteiger partial charge < -0.3 is 14.2 Å². The third-order valence-corrected chi connectivity index (χ3v) is 13.6. The summed E-state index contributed by atoms with van der Waals surface area (Å²) in [4.78, 5) is 38.2. The molecular formula is C63H116O6. The van der Waals surface area contributed by atoms with Crippen LogP contribution in [-0.2, 0) is 28.6 Å². The van der Waals surface area contributed by atoms with Crippen molar-refractivity contribution in [3.8, 4) is 0 Å². The predicted octanol–water partition coefficient (Wildman–Crippen LogP) is 20.4. The van der Waals surface area contributed by atoms with E-state index in [1.807, 2.05) is 0 Å². The molecule has 0 aliphatic carbocycles. The van der Waals surface area contributed by atoms with E-state index in [-0.39, 0.29) is 31.1 Å². The maximum atomic E-state index is 12.9. The molecule has 0 amide bonds. The molecule has 0 N–H and O–H groups in total. The molecular weight excluding hydrogens is 853 g/mol. The summed E-state index contributed by atoms with van der Waals surface area (Å²) in [7, 11) is 0. The molecule has 1 unspecified atom stereocenters. The lowest BCUT2D eigenvalue weighted by molar-refractivity contribution is -0.167. The van der Waals surface area contributed by atoms with E-state index in [2.05, 4.69) is 57.2 Å². The molecule has 0 rings (SSSR count). The van der Waals surface area contributed by atoms with E-state index in [0.29, 0.717) is 19.3 Å². The lowest BCUT2D eigenvalue weighted by Gasteiger charge is -2.18. The van der Waals surface area contributed by atoms with E-state index in [4.69, 9.17) is 14.2 Å². The van der Waals surface area contributed by atoms with Crippen molar-refractivity contribution < 1.29 is 28.6 Å². The Kier molecular flexibility index (Phi) is 56.2. The highest BCUT2D eigenvalue weighted by molar-refractivity contribution is 5.71. The molecule has 0 aliphatic rings. The first-order valence-electron chi connectivity index (χ1n) is 30.5. The van der Waals surface area contributed by atoms with Crippen LogP contribution in [0, 0.1) is 0 Å². The molecule has 0 heterocycles. The van der Waals surface area contributed by atoms with Crippen LogP contribution in [0.4, 0.5) is 0 Å². The van der Waals surface area contributed by atoms with Crippen molar-refractivity contribution in [2.75, 3.05) is 13.2 Å². The van der Waals surface area contributed by atoms with Crippen molar-refractivity contribution in [1.82, 2.24) is 0 Å². The number of allylic oxidation sites excluding steroid dienone is 6. The van der Waals surface area contributed by atoms with E-state index < -0.39 is 6.10 Å². The van der Waals surface area contributed by atoms with Crippen LogP contribution in [0.25, 0.3) is 0 Å². The molecule has 0 saturated heterocycles. The number of rotatable bonds is 56. The van der Waals surface area contributed by atoms with Crippen molar-refractivity contribution in [3.63, 3.8) is 0 Å². The Morgan fingerprint density at radius 1 is 0.290 bits per heavy atom. The van der Waals surface area contributed by atoms with Gasteiger partial charge >= 0.3 is 17.9 Å². The third-order valence-electron chi connectivity index (χ3n) is 13.6. The molecule has 0 aromatic rings. The number of hydrogen-bond acceptors (Lipinski definition) is 6. The van der Waals surface area contributed by atoms with Gasteiger partial charge in [-0.15, -0.1) is 0 Å². The standard InChI is InChI=1S/C63H116O6/c1-4-7-10-13-16-19-22-25-27-29-31-33-35-38-41-44-47-50-53-56-62(65)68-59-60(58-67-61(64)55-52-49-46-43-40-37-24-21-18-15-12-9-6-3)69-63(66)57-54-51-48-45-42-39-36-34-32-30-28-26-23-20-17-14-11-8-5-2/h16,19,22,25,37,40,60H,4-15,17-18,20-21,23-24,26-36,38-39,41-59H2,1-3H3/b19-16-,25-22-,40-37-. The van der Waals surface area contributed by atoms with Crippen LogP contribution < -0.4 is 0 Å². The fraction of sp³-hybridized carbons (Fsp3) is 0.857. The van der Waals surface area contributed by atoms with Gasteiger partial charge in [-0.1, -0.05) is 276 Å². The Morgan fingerprint density at radius 2 is 0.522 bits per heavy atom. The van der Waals surface area contributed by atoms with Gasteiger partial charge in [0.25, 0.3) is 0 Å². The van der Waals surface area contributed by atoms with Crippen molar-refractivity contribution in [2.45, 2.75) is 335 Å². The second-order valence-corrected chi connectivity index (χ2v) is 20.6. The first-order chi connectivity index (χ1) is 34.0. The molecule has 0 aliphatic heterocycles. The number of ether oxygens (including phenoxy) is 3. The largest absolute Gasteiger partial charge is 0.462 e. The summed E-state index contributed by atoms with van der Waals surface area (Å²) >= 11 is 0. The van der Waals surface area contributed by atoms with Crippen LogP contribution in [-0.4, -0.2) is 37.2 Å². The average Bonchev–Trinajstić information content (AvgIpc) is 3.35. The number of esters is 3. The van der Waals surface area contributed by atoms with E-state index in [1.54, 1.807) is 0 Å². The van der Waals surface area contributed by atoms with Crippen LogP contribution in [0.5, 0.6) is 0 Å². The maximum Gasteiger partial charge on any atom is 0.306 e. The highest BCUT2D eigenvalue weighted by Gasteiger charge is 2.19. The van der Waals surface area contributed by atoms with Crippen molar-refractivity contribution in [1.29, 1.82) is 0 Å². The third kappa shape index (κ3) is 56.4. The van der Waals surface area contributed by atoms with Crippen LogP contribution in [0.2, 0.25) is 0 Å². The number of carbonyl (C=O) groups is 3. The molecule has 0 radical (unpaired) electrons. The number of unbranched alkanes of at least 4 members (excludes halogenated alkanes) is 40. The molecule has 6 nitrogen and oxygen atoms in total. The van der Waals surface area contributed by atoms with Gasteiger partial charge in [-0.05, 0) is 70.6 Å². The molecule has 0 bridgehead atoms. The smallest absolute Gasteiger partial charge is 0.306 e. The Bertz CT molecular complexity index is 1160. The zero-order valence-corrected chi connectivity index (χ0v) is 46.3. The minimum Gasteiger partial charge on any atom is -0.462 e. The zero-order valence-electron chi connectivity index (χ0n) is 46.3. The molecule has 1 atom stereocenters. The van der Waals surface area contributed by atoms with E-state index in [0.717, 1.165) is 70.6 Å². The average molecular weight is 970 g/mol. The highest BCUT2D eigenvalue weighted by atomic mass is 16.6. The highest BCUT2D eigenvalue weighted by Crippen LogP contribution is 2.17. The summed E-state index contributed by atoms with van der Waals surface area (Å²) in [6.45, 7) is 6.64. The molecule has 0 fully saturated rings. The number of carbonyl (C=O) groups excluding carboxylic acids is 3. The zero-order chi connectivity index (χ0) is 50.0. The summed E-state index contributed by atoms with van der Waals surface area (Å²) in [6.07, 6.45) is 70.0. The fourth-order valence-electron chi connectivity index (χ4n) is 9.02. The quantitative estimate of drug-likeness (QED) is 0.0199.